The Labute approximate surface area is 151 Å². The van der Waals surface area contributed by atoms with E-state index in [0.29, 0.717) is 6.42 Å². The van der Waals surface area contributed by atoms with Gasteiger partial charge in [0.1, 0.15) is 6.04 Å². The van der Waals surface area contributed by atoms with Gasteiger partial charge in [0, 0.05) is 6.07 Å². The van der Waals surface area contributed by atoms with E-state index >= 15 is 0 Å². The zero-order chi connectivity index (χ0) is 19.9. The largest absolute Gasteiger partial charge is 0.467 e. The summed E-state index contributed by atoms with van der Waals surface area (Å²) in [6.45, 7) is 3.01. The van der Waals surface area contributed by atoms with Gasteiger partial charge in [-0.2, -0.15) is 0 Å². The lowest BCUT2D eigenvalue weighted by Gasteiger charge is -2.18. The molecule has 26 heavy (non-hydrogen) atoms. The van der Waals surface area contributed by atoms with Gasteiger partial charge in [-0.05, 0) is 18.4 Å². The first-order chi connectivity index (χ1) is 12.1. The van der Waals surface area contributed by atoms with Crippen molar-refractivity contribution in [2.24, 2.45) is 5.92 Å². The quantitative estimate of drug-likeness (QED) is 0.358. The number of rotatable bonds is 9. The fraction of sp³-hybridized carbons (Fsp3) is 0.467. The molecule has 0 fully saturated rings. The third-order valence-electron chi connectivity index (χ3n) is 3.30. The summed E-state index contributed by atoms with van der Waals surface area (Å²) in [6, 6.07) is 3.86. The van der Waals surface area contributed by atoms with Crippen LogP contribution in [0.3, 0.4) is 0 Å². The van der Waals surface area contributed by atoms with Crippen molar-refractivity contribution in [2.45, 2.75) is 31.2 Å². The SMILES string of the molecule is COC(=O)C(CC(C)C)NC(=O)CNS(=O)(=O)c1ccccc1[N+](=O)[O-]. The molecule has 0 saturated carbocycles. The molecule has 1 aromatic rings. The lowest BCUT2D eigenvalue weighted by atomic mass is 10.0. The van der Waals surface area contributed by atoms with Gasteiger partial charge >= 0.3 is 5.97 Å². The predicted molar refractivity (Wildman–Crippen MR) is 91.7 cm³/mol. The summed E-state index contributed by atoms with van der Waals surface area (Å²) >= 11 is 0. The molecule has 11 heteroatoms. The van der Waals surface area contributed by atoms with Crippen molar-refractivity contribution in [3.05, 3.63) is 34.4 Å². The molecule has 0 aliphatic rings. The van der Waals surface area contributed by atoms with Crippen molar-refractivity contribution in [1.29, 1.82) is 0 Å². The maximum atomic E-state index is 12.2. The lowest BCUT2D eigenvalue weighted by Crippen LogP contribution is -2.46. The number of nitrogens with zero attached hydrogens (tertiary/aromatic N) is 1. The van der Waals surface area contributed by atoms with Crippen LogP contribution >= 0.6 is 0 Å². The standard InChI is InChI=1S/C15H21N3O7S/c1-10(2)8-11(15(20)25-3)17-14(19)9-16-26(23,24)13-7-5-4-6-12(13)18(21)22/h4-7,10-11,16H,8-9H2,1-3H3,(H,17,19). The first kappa shape index (κ1) is 21.5. The fourth-order valence-electron chi connectivity index (χ4n) is 2.15. The number of methoxy groups -OCH3 is 1. The van der Waals surface area contributed by atoms with Crippen LogP contribution in [0.4, 0.5) is 5.69 Å². The molecular formula is C15H21N3O7S. The van der Waals surface area contributed by atoms with E-state index in [1.807, 2.05) is 18.6 Å². The van der Waals surface area contributed by atoms with Crippen molar-refractivity contribution in [2.75, 3.05) is 13.7 Å². The molecule has 0 radical (unpaired) electrons. The number of amides is 1. The molecule has 1 atom stereocenters. The maximum absolute atomic E-state index is 12.2. The van der Waals surface area contributed by atoms with E-state index in [2.05, 4.69) is 10.1 Å². The second-order valence-corrected chi connectivity index (χ2v) is 7.56. The smallest absolute Gasteiger partial charge is 0.328 e. The van der Waals surface area contributed by atoms with Gasteiger partial charge in [-0.15, -0.1) is 0 Å². The summed E-state index contributed by atoms with van der Waals surface area (Å²) in [6.07, 6.45) is 0.315. The first-order valence-corrected chi connectivity index (χ1v) is 9.17. The van der Waals surface area contributed by atoms with E-state index in [9.17, 15) is 28.1 Å². The normalized spacial score (nSPS) is 12.5. The van der Waals surface area contributed by atoms with Gasteiger partial charge < -0.3 is 10.1 Å². The van der Waals surface area contributed by atoms with Crippen LogP contribution in [0.25, 0.3) is 0 Å². The zero-order valence-corrected chi connectivity index (χ0v) is 15.4. The minimum Gasteiger partial charge on any atom is -0.467 e. The second kappa shape index (κ2) is 9.25. The molecule has 0 aromatic heterocycles. The van der Waals surface area contributed by atoms with Crippen molar-refractivity contribution in [3.63, 3.8) is 0 Å². The Morgan fingerprint density at radius 2 is 1.88 bits per heavy atom. The third kappa shape index (κ3) is 6.08. The highest BCUT2D eigenvalue weighted by Crippen LogP contribution is 2.22. The van der Waals surface area contributed by atoms with E-state index in [-0.39, 0.29) is 5.92 Å². The summed E-state index contributed by atoms with van der Waals surface area (Å²) in [5, 5.41) is 13.3. The first-order valence-electron chi connectivity index (χ1n) is 7.68. The molecule has 0 saturated heterocycles. The highest BCUT2D eigenvalue weighted by atomic mass is 32.2. The summed E-state index contributed by atoms with van der Waals surface area (Å²) in [5.41, 5.74) is -0.604. The number of carbonyl (C=O) groups is 2. The number of nitrogens with one attached hydrogen (secondary N) is 2. The van der Waals surface area contributed by atoms with Gasteiger partial charge in [-0.1, -0.05) is 26.0 Å². The van der Waals surface area contributed by atoms with Gasteiger partial charge in [0.15, 0.2) is 4.90 Å². The Morgan fingerprint density at radius 3 is 2.42 bits per heavy atom. The Morgan fingerprint density at radius 1 is 1.27 bits per heavy atom. The third-order valence-corrected chi connectivity index (χ3v) is 4.75. The number of ether oxygens (including phenoxy) is 1. The minimum absolute atomic E-state index is 0.0862. The topological polar surface area (TPSA) is 145 Å². The Hall–Kier alpha value is -2.53. The minimum atomic E-state index is -4.28. The van der Waals surface area contributed by atoms with E-state index in [1.54, 1.807) is 0 Å². The van der Waals surface area contributed by atoms with Crippen LogP contribution in [-0.2, 0) is 24.3 Å². The molecule has 0 spiro atoms. The molecule has 0 aliphatic heterocycles. The van der Waals surface area contributed by atoms with Crippen molar-refractivity contribution >= 4 is 27.6 Å². The molecule has 1 amide bonds. The van der Waals surface area contributed by atoms with Crippen LogP contribution < -0.4 is 10.0 Å². The lowest BCUT2D eigenvalue weighted by molar-refractivity contribution is -0.387. The molecule has 0 bridgehead atoms. The van der Waals surface area contributed by atoms with Crippen molar-refractivity contribution in [3.8, 4) is 0 Å². The van der Waals surface area contributed by atoms with Crippen LogP contribution in [-0.4, -0.2) is 44.9 Å². The molecule has 0 heterocycles. The molecule has 0 aliphatic carbocycles. The van der Waals surface area contributed by atoms with Crippen molar-refractivity contribution < 1.29 is 27.7 Å². The van der Waals surface area contributed by atoms with E-state index in [0.717, 1.165) is 12.1 Å². The number of hydrogen-bond donors (Lipinski definition) is 2. The Bertz CT molecular complexity index is 777. The summed E-state index contributed by atoms with van der Waals surface area (Å²) < 4.78 is 31.0. The van der Waals surface area contributed by atoms with Gasteiger partial charge in [-0.25, -0.2) is 17.9 Å². The zero-order valence-electron chi connectivity index (χ0n) is 14.6. The number of sulfonamides is 1. The van der Waals surface area contributed by atoms with Gasteiger partial charge in [0.05, 0.1) is 18.6 Å². The van der Waals surface area contributed by atoms with Crippen LogP contribution in [0.15, 0.2) is 29.2 Å². The highest BCUT2D eigenvalue weighted by molar-refractivity contribution is 7.89. The average Bonchev–Trinajstić information content (AvgIpc) is 2.58. The number of nitro benzene ring substituents is 1. The molecule has 1 aromatic carbocycles. The van der Waals surface area contributed by atoms with Gasteiger partial charge in [-0.3, -0.25) is 14.9 Å². The van der Waals surface area contributed by atoms with Crippen LogP contribution in [0.5, 0.6) is 0 Å². The number of para-hydroxylation sites is 1. The second-order valence-electron chi connectivity index (χ2n) is 5.82. The highest BCUT2D eigenvalue weighted by Gasteiger charge is 2.27. The molecule has 10 nitrogen and oxygen atoms in total. The predicted octanol–water partition coefficient (Wildman–Crippen LogP) is 0.577. The maximum Gasteiger partial charge on any atom is 0.328 e. The summed E-state index contributed by atoms with van der Waals surface area (Å²) in [4.78, 5) is 33.2. The molecule has 2 N–H and O–H groups in total. The van der Waals surface area contributed by atoms with E-state index in [1.165, 1.54) is 19.2 Å². The van der Waals surface area contributed by atoms with E-state index < -0.39 is 50.0 Å². The number of carbonyl (C=O) groups excluding carboxylic acids is 2. The van der Waals surface area contributed by atoms with Gasteiger partial charge in [0.25, 0.3) is 5.69 Å². The number of esters is 1. The number of nitro groups is 1. The summed E-state index contributed by atoms with van der Waals surface area (Å²) in [5.74, 6) is -1.32. The average molecular weight is 387 g/mol. The van der Waals surface area contributed by atoms with E-state index in [4.69, 9.17) is 0 Å². The van der Waals surface area contributed by atoms with Crippen LogP contribution in [0.1, 0.15) is 20.3 Å². The molecule has 1 unspecified atom stereocenters. The van der Waals surface area contributed by atoms with Gasteiger partial charge in [0.2, 0.25) is 15.9 Å². The van der Waals surface area contributed by atoms with Crippen LogP contribution in [0.2, 0.25) is 0 Å². The molecule has 144 valence electrons. The Kier molecular flexibility index (Phi) is 7.65. The number of benzene rings is 1. The Balaban J connectivity index is 2.82. The monoisotopic (exact) mass is 387 g/mol. The van der Waals surface area contributed by atoms with Crippen molar-refractivity contribution in [1.82, 2.24) is 10.0 Å². The number of hydrogen-bond acceptors (Lipinski definition) is 7. The van der Waals surface area contributed by atoms with Crippen LogP contribution in [0, 0.1) is 16.0 Å². The fourth-order valence-corrected chi connectivity index (χ4v) is 3.30. The summed E-state index contributed by atoms with van der Waals surface area (Å²) in [7, 11) is -3.10. The molecule has 1 rings (SSSR count). The molecular weight excluding hydrogens is 366 g/mol.